The fraction of sp³-hybridized carbons (Fsp3) is 0.538. The molecule has 2 nitrogen and oxygen atoms in total. The Morgan fingerprint density at radius 1 is 1.35 bits per heavy atom. The Bertz CT molecular complexity index is 371. The van der Waals surface area contributed by atoms with E-state index in [0.29, 0.717) is 6.04 Å². The number of likely N-dealkylation sites (N-methyl/N-ethyl adjacent to an activating group) is 1. The molecule has 2 rings (SSSR count). The summed E-state index contributed by atoms with van der Waals surface area (Å²) in [6, 6.07) is 3.99. The van der Waals surface area contributed by atoms with Crippen molar-refractivity contribution in [3.05, 3.63) is 35.4 Å². The van der Waals surface area contributed by atoms with E-state index in [1.807, 2.05) is 11.9 Å². The van der Waals surface area contributed by atoms with Crippen molar-refractivity contribution in [2.45, 2.75) is 31.3 Å². The van der Waals surface area contributed by atoms with Gasteiger partial charge in [0.2, 0.25) is 0 Å². The molecule has 1 aliphatic carbocycles. The van der Waals surface area contributed by atoms with E-state index in [1.54, 1.807) is 0 Å². The molecule has 0 bridgehead atoms. The topological polar surface area (TPSA) is 29.3 Å². The van der Waals surface area contributed by atoms with Crippen LogP contribution in [0.25, 0.3) is 0 Å². The van der Waals surface area contributed by atoms with Gasteiger partial charge in [0.25, 0.3) is 0 Å². The molecular weight excluding hydrogens is 222 g/mol. The highest BCUT2D eigenvalue weighted by Crippen LogP contribution is 2.32. The molecule has 1 aromatic carbocycles. The van der Waals surface area contributed by atoms with E-state index in [2.05, 4.69) is 0 Å². The fourth-order valence-electron chi connectivity index (χ4n) is 2.37. The molecule has 0 saturated heterocycles. The Hall–Kier alpha value is -1.00. The molecule has 0 heterocycles. The first-order valence-corrected chi connectivity index (χ1v) is 6.01. The molecule has 0 aromatic heterocycles. The second-order valence-electron chi connectivity index (χ2n) is 4.64. The van der Waals surface area contributed by atoms with Gasteiger partial charge in [0, 0.05) is 18.2 Å². The molecule has 1 atom stereocenters. The SMILES string of the molecule is CN(C1CCC1)C(CN)c1c(F)cccc1F. The molecule has 2 N–H and O–H groups in total. The molecule has 1 aromatic rings. The second-order valence-corrected chi connectivity index (χ2v) is 4.64. The minimum atomic E-state index is -0.508. The Labute approximate surface area is 100 Å². The lowest BCUT2D eigenvalue weighted by atomic mass is 9.89. The van der Waals surface area contributed by atoms with Crippen molar-refractivity contribution in [1.82, 2.24) is 4.90 Å². The van der Waals surface area contributed by atoms with Gasteiger partial charge in [-0.15, -0.1) is 0 Å². The molecule has 94 valence electrons. The lowest BCUT2D eigenvalue weighted by Gasteiger charge is -2.39. The van der Waals surface area contributed by atoms with Crippen molar-refractivity contribution < 1.29 is 8.78 Å². The van der Waals surface area contributed by atoms with E-state index in [9.17, 15) is 8.78 Å². The molecule has 4 heteroatoms. The molecule has 0 spiro atoms. The Kier molecular flexibility index (Phi) is 3.74. The maximum Gasteiger partial charge on any atom is 0.130 e. The summed E-state index contributed by atoms with van der Waals surface area (Å²) in [7, 11) is 1.90. The summed E-state index contributed by atoms with van der Waals surface area (Å²) < 4.78 is 27.4. The van der Waals surface area contributed by atoms with E-state index in [1.165, 1.54) is 24.6 Å². The number of halogens is 2. The highest BCUT2D eigenvalue weighted by atomic mass is 19.1. The van der Waals surface area contributed by atoms with E-state index in [-0.39, 0.29) is 18.2 Å². The largest absolute Gasteiger partial charge is 0.329 e. The first-order chi connectivity index (χ1) is 8.15. The van der Waals surface area contributed by atoms with Crippen LogP contribution < -0.4 is 5.73 Å². The van der Waals surface area contributed by atoms with Crippen LogP contribution in [0.5, 0.6) is 0 Å². The summed E-state index contributed by atoms with van der Waals surface area (Å²) in [5.74, 6) is -1.02. The average Bonchev–Trinajstić information content (AvgIpc) is 2.21. The lowest BCUT2D eigenvalue weighted by Crippen LogP contribution is -2.42. The van der Waals surface area contributed by atoms with Crippen LogP contribution in [0.15, 0.2) is 18.2 Å². The fourth-order valence-corrected chi connectivity index (χ4v) is 2.37. The van der Waals surface area contributed by atoms with E-state index in [4.69, 9.17) is 5.73 Å². The molecule has 1 fully saturated rings. The van der Waals surface area contributed by atoms with E-state index in [0.717, 1.165) is 12.8 Å². The Balaban J connectivity index is 2.27. The van der Waals surface area contributed by atoms with Gasteiger partial charge in [0.1, 0.15) is 11.6 Å². The minimum Gasteiger partial charge on any atom is -0.329 e. The first-order valence-electron chi connectivity index (χ1n) is 6.01. The highest BCUT2D eigenvalue weighted by molar-refractivity contribution is 5.24. The first kappa shape index (κ1) is 12.5. The number of hydrogen-bond donors (Lipinski definition) is 1. The van der Waals surface area contributed by atoms with Crippen molar-refractivity contribution in [2.24, 2.45) is 5.73 Å². The maximum absolute atomic E-state index is 13.7. The van der Waals surface area contributed by atoms with E-state index < -0.39 is 11.6 Å². The van der Waals surface area contributed by atoms with Gasteiger partial charge in [-0.2, -0.15) is 0 Å². The number of nitrogens with zero attached hydrogens (tertiary/aromatic N) is 1. The van der Waals surface area contributed by atoms with Gasteiger partial charge in [0.05, 0.1) is 6.04 Å². The number of rotatable bonds is 4. The molecule has 1 saturated carbocycles. The summed E-state index contributed by atoms with van der Waals surface area (Å²) in [4.78, 5) is 2.00. The van der Waals surface area contributed by atoms with Crippen molar-refractivity contribution in [3.63, 3.8) is 0 Å². The van der Waals surface area contributed by atoms with Crippen LogP contribution in [-0.2, 0) is 0 Å². The standard InChI is InChI=1S/C13H18F2N2/c1-17(9-4-2-5-9)12(8-16)13-10(14)6-3-7-11(13)15/h3,6-7,9,12H,2,4-5,8,16H2,1H3. The van der Waals surface area contributed by atoms with Crippen molar-refractivity contribution in [3.8, 4) is 0 Å². The average molecular weight is 240 g/mol. The van der Waals surface area contributed by atoms with Crippen LogP contribution in [0.4, 0.5) is 8.78 Å². The lowest BCUT2D eigenvalue weighted by molar-refractivity contribution is 0.109. The van der Waals surface area contributed by atoms with Crippen molar-refractivity contribution >= 4 is 0 Å². The molecule has 0 aliphatic heterocycles. The number of nitrogens with two attached hydrogens (primary N) is 1. The zero-order chi connectivity index (χ0) is 12.4. The molecule has 17 heavy (non-hydrogen) atoms. The third kappa shape index (κ3) is 2.33. The van der Waals surface area contributed by atoms with Crippen LogP contribution in [0.1, 0.15) is 30.9 Å². The normalized spacial score (nSPS) is 18.2. The molecule has 0 radical (unpaired) electrons. The highest BCUT2D eigenvalue weighted by Gasteiger charge is 2.30. The predicted molar refractivity (Wildman–Crippen MR) is 63.6 cm³/mol. The van der Waals surface area contributed by atoms with Crippen molar-refractivity contribution in [1.29, 1.82) is 0 Å². The van der Waals surface area contributed by atoms with Gasteiger partial charge < -0.3 is 5.73 Å². The summed E-state index contributed by atoms with van der Waals surface area (Å²) in [6.45, 7) is 0.227. The molecule has 1 aliphatic rings. The van der Waals surface area contributed by atoms with E-state index >= 15 is 0 Å². The molecule has 1 unspecified atom stereocenters. The minimum absolute atomic E-state index is 0.101. The molecule has 0 amide bonds. The van der Waals surface area contributed by atoms with Gasteiger partial charge in [-0.25, -0.2) is 8.78 Å². The predicted octanol–water partition coefficient (Wildman–Crippen LogP) is 2.45. The second kappa shape index (κ2) is 5.10. The summed E-state index contributed by atoms with van der Waals surface area (Å²) in [5, 5.41) is 0. The quantitative estimate of drug-likeness (QED) is 0.876. The maximum atomic E-state index is 13.7. The monoisotopic (exact) mass is 240 g/mol. The van der Waals surface area contributed by atoms with Crippen LogP contribution in [0.2, 0.25) is 0 Å². The third-order valence-electron chi connectivity index (χ3n) is 3.70. The summed E-state index contributed by atoms with van der Waals surface area (Å²) >= 11 is 0. The molecular formula is C13H18F2N2. The summed E-state index contributed by atoms with van der Waals surface area (Å²) in [5.41, 5.74) is 5.79. The zero-order valence-electron chi connectivity index (χ0n) is 10.00. The summed E-state index contributed by atoms with van der Waals surface area (Å²) in [6.07, 6.45) is 3.36. The Morgan fingerprint density at radius 2 is 1.94 bits per heavy atom. The number of hydrogen-bond acceptors (Lipinski definition) is 2. The zero-order valence-corrected chi connectivity index (χ0v) is 10.00. The third-order valence-corrected chi connectivity index (χ3v) is 3.70. The van der Waals surface area contributed by atoms with Crippen LogP contribution in [-0.4, -0.2) is 24.5 Å². The van der Waals surface area contributed by atoms with Crippen LogP contribution >= 0.6 is 0 Å². The van der Waals surface area contributed by atoms with Gasteiger partial charge >= 0.3 is 0 Å². The number of benzene rings is 1. The Morgan fingerprint density at radius 3 is 2.35 bits per heavy atom. The van der Waals surface area contributed by atoms with Gasteiger partial charge in [0.15, 0.2) is 0 Å². The van der Waals surface area contributed by atoms with Gasteiger partial charge in [-0.1, -0.05) is 12.5 Å². The van der Waals surface area contributed by atoms with Crippen LogP contribution in [0.3, 0.4) is 0 Å². The van der Waals surface area contributed by atoms with Crippen molar-refractivity contribution in [2.75, 3.05) is 13.6 Å². The van der Waals surface area contributed by atoms with Crippen LogP contribution in [0, 0.1) is 11.6 Å². The smallest absolute Gasteiger partial charge is 0.130 e. The van der Waals surface area contributed by atoms with Gasteiger partial charge in [-0.3, -0.25) is 4.90 Å². The van der Waals surface area contributed by atoms with Gasteiger partial charge in [-0.05, 0) is 32.0 Å².